The molecule has 0 unspecified atom stereocenters. The zero-order chi connectivity index (χ0) is 9.84. The van der Waals surface area contributed by atoms with Crippen LogP contribution in [-0.2, 0) is 4.79 Å². The number of amides is 1. The largest absolute Gasteiger partial charge is 0.323 e. The molecule has 1 amide bonds. The molecular formula is C11H13NO. The minimum absolute atomic E-state index is 0.176. The lowest BCUT2D eigenvalue weighted by atomic mass is 10.1. The van der Waals surface area contributed by atoms with Crippen molar-refractivity contribution >= 4 is 11.6 Å². The highest BCUT2D eigenvalue weighted by molar-refractivity contribution is 5.98. The summed E-state index contributed by atoms with van der Waals surface area (Å²) in [6.45, 7) is 7.38. The molecule has 0 heterocycles. The number of carbonyl (C=O) groups is 1. The topological polar surface area (TPSA) is 29.1 Å². The summed E-state index contributed by atoms with van der Waals surface area (Å²) in [4.78, 5) is 11.0. The van der Waals surface area contributed by atoms with E-state index >= 15 is 0 Å². The lowest BCUT2D eigenvalue weighted by Gasteiger charge is -2.04. The summed E-state index contributed by atoms with van der Waals surface area (Å²) in [5.41, 5.74) is 3.10. The van der Waals surface area contributed by atoms with Gasteiger partial charge in [0.2, 0.25) is 5.91 Å². The first-order valence-corrected chi connectivity index (χ1v) is 4.13. The molecule has 0 atom stereocenters. The van der Waals surface area contributed by atoms with E-state index in [1.165, 1.54) is 6.08 Å². The van der Waals surface area contributed by atoms with Gasteiger partial charge in [0.1, 0.15) is 0 Å². The maximum absolute atomic E-state index is 11.0. The quantitative estimate of drug-likeness (QED) is 0.687. The molecule has 0 aliphatic heterocycles. The number of carbonyl (C=O) groups excluding carboxylic acids is 1. The minimum atomic E-state index is -0.176. The first kappa shape index (κ1) is 9.52. The number of nitrogens with one attached hydrogen (secondary N) is 1. The maximum Gasteiger partial charge on any atom is 0.247 e. The van der Waals surface area contributed by atoms with Crippen molar-refractivity contribution in [3.05, 3.63) is 42.0 Å². The van der Waals surface area contributed by atoms with Gasteiger partial charge in [-0.25, -0.2) is 0 Å². The zero-order valence-electron chi connectivity index (χ0n) is 7.92. The average molecular weight is 175 g/mol. The van der Waals surface area contributed by atoms with Gasteiger partial charge in [0.25, 0.3) is 0 Å². The van der Waals surface area contributed by atoms with E-state index in [0.717, 1.165) is 16.8 Å². The highest BCUT2D eigenvalue weighted by atomic mass is 16.1. The van der Waals surface area contributed by atoms with Gasteiger partial charge in [0.05, 0.1) is 0 Å². The van der Waals surface area contributed by atoms with Gasteiger partial charge < -0.3 is 5.32 Å². The Hall–Kier alpha value is -1.57. The molecular weight excluding hydrogens is 162 g/mol. The molecule has 2 nitrogen and oxygen atoms in total. The summed E-state index contributed by atoms with van der Waals surface area (Å²) >= 11 is 0. The van der Waals surface area contributed by atoms with E-state index in [-0.39, 0.29) is 5.91 Å². The SMILES string of the molecule is C=CC(=O)Nc1cc(C)cc(C)c1. The Kier molecular flexibility index (Phi) is 2.85. The van der Waals surface area contributed by atoms with E-state index in [2.05, 4.69) is 18.0 Å². The number of aryl methyl sites for hydroxylation is 2. The van der Waals surface area contributed by atoms with E-state index in [0.29, 0.717) is 0 Å². The first-order valence-electron chi connectivity index (χ1n) is 4.13. The third kappa shape index (κ3) is 2.75. The molecule has 0 aromatic heterocycles. The van der Waals surface area contributed by atoms with Crippen LogP contribution in [-0.4, -0.2) is 5.91 Å². The molecule has 1 aromatic carbocycles. The molecule has 0 fully saturated rings. The van der Waals surface area contributed by atoms with Crippen molar-refractivity contribution in [1.29, 1.82) is 0 Å². The van der Waals surface area contributed by atoms with Gasteiger partial charge in [-0.2, -0.15) is 0 Å². The third-order valence-electron chi connectivity index (χ3n) is 1.67. The monoisotopic (exact) mass is 175 g/mol. The van der Waals surface area contributed by atoms with Gasteiger partial charge in [-0.1, -0.05) is 12.6 Å². The van der Waals surface area contributed by atoms with Crippen LogP contribution in [0.3, 0.4) is 0 Å². The lowest BCUT2D eigenvalue weighted by Crippen LogP contribution is -2.07. The van der Waals surface area contributed by atoms with Crippen LogP contribution < -0.4 is 5.32 Å². The van der Waals surface area contributed by atoms with Crippen LogP contribution in [0.4, 0.5) is 5.69 Å². The van der Waals surface area contributed by atoms with E-state index < -0.39 is 0 Å². The predicted molar refractivity (Wildman–Crippen MR) is 54.7 cm³/mol. The molecule has 0 saturated carbocycles. The highest BCUT2D eigenvalue weighted by Crippen LogP contribution is 2.13. The zero-order valence-corrected chi connectivity index (χ0v) is 7.92. The molecule has 2 heteroatoms. The predicted octanol–water partition coefficient (Wildman–Crippen LogP) is 2.43. The van der Waals surface area contributed by atoms with Crippen LogP contribution in [0.2, 0.25) is 0 Å². The number of anilines is 1. The van der Waals surface area contributed by atoms with E-state index in [1.54, 1.807) is 0 Å². The summed E-state index contributed by atoms with van der Waals surface area (Å²) in [6.07, 6.45) is 1.26. The van der Waals surface area contributed by atoms with Crippen molar-refractivity contribution in [2.24, 2.45) is 0 Å². The molecule has 0 radical (unpaired) electrons. The lowest BCUT2D eigenvalue weighted by molar-refractivity contribution is -0.111. The highest BCUT2D eigenvalue weighted by Gasteiger charge is 1.97. The molecule has 1 N–H and O–H groups in total. The first-order chi connectivity index (χ1) is 6.11. The van der Waals surface area contributed by atoms with Crippen molar-refractivity contribution in [1.82, 2.24) is 0 Å². The number of benzene rings is 1. The number of rotatable bonds is 2. The summed E-state index contributed by atoms with van der Waals surface area (Å²) in [7, 11) is 0. The van der Waals surface area contributed by atoms with Crippen molar-refractivity contribution in [3.8, 4) is 0 Å². The van der Waals surface area contributed by atoms with Crippen molar-refractivity contribution in [2.45, 2.75) is 13.8 Å². The maximum atomic E-state index is 11.0. The second-order valence-corrected chi connectivity index (χ2v) is 3.07. The van der Waals surface area contributed by atoms with Crippen LogP contribution in [0.1, 0.15) is 11.1 Å². The van der Waals surface area contributed by atoms with Crippen LogP contribution in [0.15, 0.2) is 30.9 Å². The molecule has 0 bridgehead atoms. The Balaban J connectivity index is 2.89. The van der Waals surface area contributed by atoms with Crippen molar-refractivity contribution in [2.75, 3.05) is 5.32 Å². The van der Waals surface area contributed by atoms with Gasteiger partial charge in [-0.05, 0) is 43.2 Å². The third-order valence-corrected chi connectivity index (χ3v) is 1.67. The summed E-state index contributed by atoms with van der Waals surface area (Å²) < 4.78 is 0. The summed E-state index contributed by atoms with van der Waals surface area (Å²) in [5.74, 6) is -0.176. The standard InChI is InChI=1S/C11H13NO/c1-4-11(13)12-10-6-8(2)5-9(3)7-10/h4-7H,1H2,2-3H3,(H,12,13). The Morgan fingerprint density at radius 2 is 1.85 bits per heavy atom. The number of hydrogen-bond donors (Lipinski definition) is 1. The van der Waals surface area contributed by atoms with Crippen molar-refractivity contribution in [3.63, 3.8) is 0 Å². The van der Waals surface area contributed by atoms with Gasteiger partial charge in [0.15, 0.2) is 0 Å². The van der Waals surface area contributed by atoms with Crippen LogP contribution in [0.25, 0.3) is 0 Å². The Morgan fingerprint density at radius 1 is 1.31 bits per heavy atom. The number of hydrogen-bond acceptors (Lipinski definition) is 1. The molecule has 1 rings (SSSR count). The summed E-state index contributed by atoms with van der Waals surface area (Å²) in [5, 5.41) is 2.72. The Morgan fingerprint density at radius 3 is 2.31 bits per heavy atom. The van der Waals surface area contributed by atoms with E-state index in [9.17, 15) is 4.79 Å². The Labute approximate surface area is 78.3 Å². The van der Waals surface area contributed by atoms with Crippen LogP contribution in [0.5, 0.6) is 0 Å². The van der Waals surface area contributed by atoms with Crippen LogP contribution >= 0.6 is 0 Å². The van der Waals surface area contributed by atoms with E-state index in [1.807, 2.05) is 26.0 Å². The van der Waals surface area contributed by atoms with Gasteiger partial charge >= 0.3 is 0 Å². The normalized spacial score (nSPS) is 9.38. The molecule has 1 aromatic rings. The molecule has 0 aliphatic rings. The molecule has 68 valence electrons. The van der Waals surface area contributed by atoms with Gasteiger partial charge in [-0.15, -0.1) is 0 Å². The van der Waals surface area contributed by atoms with Crippen LogP contribution in [0, 0.1) is 13.8 Å². The van der Waals surface area contributed by atoms with Crippen molar-refractivity contribution < 1.29 is 4.79 Å². The minimum Gasteiger partial charge on any atom is -0.323 e. The fraction of sp³-hybridized carbons (Fsp3) is 0.182. The Bertz CT molecular complexity index is 322. The van der Waals surface area contributed by atoms with E-state index in [4.69, 9.17) is 0 Å². The molecule has 0 saturated heterocycles. The molecule has 0 spiro atoms. The van der Waals surface area contributed by atoms with Gasteiger partial charge in [-0.3, -0.25) is 4.79 Å². The summed E-state index contributed by atoms with van der Waals surface area (Å²) in [6, 6.07) is 5.91. The van der Waals surface area contributed by atoms with Gasteiger partial charge in [0, 0.05) is 5.69 Å². The second kappa shape index (κ2) is 3.90. The smallest absolute Gasteiger partial charge is 0.247 e. The fourth-order valence-corrected chi connectivity index (χ4v) is 1.24. The average Bonchev–Trinajstić information content (AvgIpc) is 2.02. The molecule has 13 heavy (non-hydrogen) atoms. The molecule has 0 aliphatic carbocycles. The second-order valence-electron chi connectivity index (χ2n) is 3.07. The fourth-order valence-electron chi connectivity index (χ4n) is 1.24.